The highest BCUT2D eigenvalue weighted by Gasteiger charge is 2.34. The van der Waals surface area contributed by atoms with Crippen LogP contribution in [0.5, 0.6) is 34.5 Å². The van der Waals surface area contributed by atoms with Crippen molar-refractivity contribution in [3.05, 3.63) is 119 Å². The van der Waals surface area contributed by atoms with Crippen LogP contribution in [0, 0.1) is 0 Å². The summed E-state index contributed by atoms with van der Waals surface area (Å²) in [6, 6.07) is 19.6. The van der Waals surface area contributed by atoms with Gasteiger partial charge in [-0.1, -0.05) is 48.6 Å². The van der Waals surface area contributed by atoms with E-state index in [9.17, 15) is 39.6 Å². The summed E-state index contributed by atoms with van der Waals surface area (Å²) >= 11 is 0. The van der Waals surface area contributed by atoms with Gasteiger partial charge in [-0.25, -0.2) is 0 Å². The molecule has 4 rings (SSSR count). The van der Waals surface area contributed by atoms with Crippen molar-refractivity contribution in [2.24, 2.45) is 0 Å². The van der Waals surface area contributed by atoms with Crippen molar-refractivity contribution in [3.63, 3.8) is 0 Å². The van der Waals surface area contributed by atoms with Gasteiger partial charge < -0.3 is 29.9 Å². The Bertz CT molecular complexity index is 1760. The molecule has 0 aliphatic rings. The fourth-order valence-electron chi connectivity index (χ4n) is 4.19. The van der Waals surface area contributed by atoms with Crippen LogP contribution in [0.15, 0.2) is 97.1 Å². The predicted molar refractivity (Wildman–Crippen MR) is 165 cm³/mol. The van der Waals surface area contributed by atoms with Crippen LogP contribution in [0.3, 0.4) is 0 Å². The van der Waals surface area contributed by atoms with E-state index in [0.29, 0.717) is 11.1 Å². The van der Waals surface area contributed by atoms with E-state index in [-0.39, 0.29) is 28.4 Å². The highest BCUT2D eigenvalue weighted by Crippen LogP contribution is 2.32. The highest BCUT2D eigenvalue weighted by molar-refractivity contribution is 6.20. The molecule has 10 heteroatoms. The van der Waals surface area contributed by atoms with Gasteiger partial charge in [0.1, 0.15) is 11.5 Å². The van der Waals surface area contributed by atoms with Gasteiger partial charge in [0, 0.05) is 0 Å². The second-order valence-corrected chi connectivity index (χ2v) is 9.70. The predicted octanol–water partition coefficient (Wildman–Crippen LogP) is 5.29. The molecule has 10 nitrogen and oxygen atoms in total. The zero-order chi connectivity index (χ0) is 32.5. The zero-order valence-corrected chi connectivity index (χ0v) is 23.9. The van der Waals surface area contributed by atoms with Gasteiger partial charge in [0.25, 0.3) is 0 Å². The Balaban J connectivity index is 1.52. The number of ether oxygens (including phenoxy) is 2. The molecule has 0 unspecified atom stereocenters. The summed E-state index contributed by atoms with van der Waals surface area (Å²) in [6.07, 6.45) is 2.89. The highest BCUT2D eigenvalue weighted by atomic mass is 16.5. The summed E-state index contributed by atoms with van der Waals surface area (Å²) in [7, 11) is 1.39. The molecule has 0 saturated carbocycles. The van der Waals surface area contributed by atoms with Crippen molar-refractivity contribution in [1.29, 1.82) is 0 Å². The van der Waals surface area contributed by atoms with Crippen molar-refractivity contribution in [2.75, 3.05) is 7.11 Å². The van der Waals surface area contributed by atoms with Crippen LogP contribution in [0.4, 0.5) is 0 Å². The third kappa shape index (κ3) is 8.02. The number of allylic oxidation sites excluding steroid dienone is 2. The minimum absolute atomic E-state index is 0.0521. The maximum atomic E-state index is 13.4. The number of hydrogen-bond acceptors (Lipinski definition) is 10. The van der Waals surface area contributed by atoms with Crippen LogP contribution in [0.1, 0.15) is 38.3 Å². The van der Waals surface area contributed by atoms with Crippen molar-refractivity contribution in [2.45, 2.75) is 12.5 Å². The number of carbonyl (C=O) groups excluding carboxylic acids is 4. The Morgan fingerprint density at radius 3 is 1.53 bits per heavy atom. The quantitative estimate of drug-likeness (QED) is 0.0890. The van der Waals surface area contributed by atoms with Crippen LogP contribution < -0.4 is 9.47 Å². The minimum atomic E-state index is -1.91. The molecule has 0 aliphatic carbocycles. The van der Waals surface area contributed by atoms with Crippen LogP contribution in [-0.2, 0) is 9.59 Å². The van der Waals surface area contributed by atoms with E-state index in [1.54, 1.807) is 6.07 Å². The summed E-state index contributed by atoms with van der Waals surface area (Å²) in [5, 5.41) is 40.6. The largest absolute Gasteiger partial charge is 0.507 e. The molecule has 45 heavy (non-hydrogen) atoms. The molecule has 0 aliphatic heterocycles. The molecule has 4 N–H and O–H groups in total. The standard InChI is InChI=1S/C35H28O10/c1-44-31-18-21(12-16-29(31)40)10-14-23(36)20-24(37)15-11-22-13-17-30(41)32(19-22)45-35(33(42)25-6-2-4-8-27(25)38)34(43)26-7-3-5-9-28(26)39/h2-19,35,38-41H,20H2,1H3/b14-10+,15-11+. The Kier molecular flexibility index (Phi) is 10.1. The molecule has 0 spiro atoms. The van der Waals surface area contributed by atoms with Crippen LogP contribution in [-0.4, -0.2) is 56.8 Å². The first kappa shape index (κ1) is 31.8. The lowest BCUT2D eigenvalue weighted by Gasteiger charge is -2.19. The molecule has 4 aromatic rings. The fraction of sp³-hybridized carbons (Fsp3) is 0.0857. The third-order valence-electron chi connectivity index (χ3n) is 6.52. The number of para-hydroxylation sites is 2. The van der Waals surface area contributed by atoms with E-state index >= 15 is 0 Å². The molecule has 0 heterocycles. The molecule has 0 fully saturated rings. The first-order chi connectivity index (χ1) is 21.6. The Morgan fingerprint density at radius 1 is 0.622 bits per heavy atom. The Morgan fingerprint density at radius 2 is 1.07 bits per heavy atom. The van der Waals surface area contributed by atoms with Gasteiger partial charge in [0.2, 0.25) is 17.7 Å². The number of rotatable bonds is 13. The fourth-order valence-corrected chi connectivity index (χ4v) is 4.19. The van der Waals surface area contributed by atoms with Crippen molar-refractivity contribution >= 4 is 35.3 Å². The van der Waals surface area contributed by atoms with E-state index in [1.165, 1.54) is 104 Å². The second kappa shape index (κ2) is 14.3. The summed E-state index contributed by atoms with van der Waals surface area (Å²) < 4.78 is 10.8. The minimum Gasteiger partial charge on any atom is -0.507 e. The average Bonchev–Trinajstić information content (AvgIpc) is 3.03. The number of phenols is 4. The molecule has 0 amide bonds. The number of phenolic OH excluding ortho intramolecular Hbond substituents is 4. The first-order valence-corrected chi connectivity index (χ1v) is 13.5. The van der Waals surface area contributed by atoms with Gasteiger partial charge >= 0.3 is 0 Å². The number of methoxy groups -OCH3 is 1. The topological polar surface area (TPSA) is 168 Å². The third-order valence-corrected chi connectivity index (χ3v) is 6.52. The van der Waals surface area contributed by atoms with Gasteiger partial charge in [0.15, 0.2) is 34.6 Å². The Labute approximate surface area is 257 Å². The van der Waals surface area contributed by atoms with Crippen LogP contribution in [0.25, 0.3) is 12.2 Å². The SMILES string of the molecule is COc1cc(/C=C/C(=O)CC(=O)/C=C/c2ccc(O)c(OC(C(=O)c3ccccc3O)C(=O)c3ccccc3O)c2)ccc1O. The molecule has 0 saturated heterocycles. The van der Waals surface area contributed by atoms with Gasteiger partial charge in [-0.2, -0.15) is 0 Å². The number of aromatic hydroxyl groups is 4. The number of carbonyl (C=O) groups is 4. The normalized spacial score (nSPS) is 11.2. The average molecular weight is 609 g/mol. The van der Waals surface area contributed by atoms with Crippen LogP contribution >= 0.6 is 0 Å². The van der Waals surface area contributed by atoms with Crippen molar-refractivity contribution in [1.82, 2.24) is 0 Å². The maximum Gasteiger partial charge on any atom is 0.224 e. The molecule has 228 valence electrons. The lowest BCUT2D eigenvalue weighted by atomic mass is 9.97. The van der Waals surface area contributed by atoms with Crippen molar-refractivity contribution in [3.8, 4) is 34.5 Å². The van der Waals surface area contributed by atoms with Gasteiger partial charge in [0.05, 0.1) is 24.7 Å². The van der Waals surface area contributed by atoms with E-state index in [0.717, 1.165) is 6.08 Å². The number of Topliss-reactive ketones (excluding diaryl/α,β-unsaturated/α-hetero) is 2. The van der Waals surface area contributed by atoms with E-state index < -0.39 is 52.9 Å². The zero-order valence-electron chi connectivity index (χ0n) is 23.9. The lowest BCUT2D eigenvalue weighted by molar-refractivity contribution is -0.121. The molecular weight excluding hydrogens is 580 g/mol. The van der Waals surface area contributed by atoms with Gasteiger partial charge in [-0.15, -0.1) is 0 Å². The lowest BCUT2D eigenvalue weighted by Crippen LogP contribution is -2.36. The van der Waals surface area contributed by atoms with Crippen molar-refractivity contribution < 1.29 is 49.1 Å². The molecule has 0 atom stereocenters. The number of benzene rings is 4. The molecule has 0 radical (unpaired) electrons. The summed E-state index contributed by atoms with van der Waals surface area (Å²) in [5.41, 5.74) is 0.489. The second-order valence-electron chi connectivity index (χ2n) is 9.70. The smallest absolute Gasteiger partial charge is 0.224 e. The number of ketones is 4. The van der Waals surface area contributed by atoms with E-state index in [1.807, 2.05) is 0 Å². The molecular formula is C35H28O10. The van der Waals surface area contributed by atoms with Crippen LogP contribution in [0.2, 0.25) is 0 Å². The summed E-state index contributed by atoms with van der Waals surface area (Å²) in [6.45, 7) is 0. The van der Waals surface area contributed by atoms with E-state index in [2.05, 4.69) is 0 Å². The van der Waals surface area contributed by atoms with Gasteiger partial charge in [-0.3, -0.25) is 19.2 Å². The number of hydrogen-bond donors (Lipinski definition) is 4. The maximum absolute atomic E-state index is 13.4. The summed E-state index contributed by atoms with van der Waals surface area (Å²) in [4.78, 5) is 51.6. The van der Waals surface area contributed by atoms with E-state index in [4.69, 9.17) is 9.47 Å². The Hall–Kier alpha value is -6.16. The molecule has 4 aromatic carbocycles. The summed E-state index contributed by atoms with van der Waals surface area (Å²) in [5.74, 6) is -4.16. The van der Waals surface area contributed by atoms with Gasteiger partial charge in [-0.05, 0) is 71.8 Å². The molecule has 0 aromatic heterocycles. The molecule has 0 bridgehead atoms. The monoisotopic (exact) mass is 608 g/mol. The first-order valence-electron chi connectivity index (χ1n) is 13.5.